The summed E-state index contributed by atoms with van der Waals surface area (Å²) in [7, 11) is 0. The first-order chi connectivity index (χ1) is 14.4. The molecule has 0 bridgehead atoms. The molecule has 0 aliphatic carbocycles. The van der Waals surface area contributed by atoms with Gasteiger partial charge < -0.3 is 4.40 Å². The second kappa shape index (κ2) is 8.11. The number of benzene rings is 1. The first-order valence-electron chi connectivity index (χ1n) is 10.1. The maximum atomic E-state index is 4.77. The molecule has 0 radical (unpaired) electrons. The number of thioether (sulfide) groups is 1. The minimum Gasteiger partial charge on any atom is -0.307 e. The zero-order chi connectivity index (χ0) is 21.3. The van der Waals surface area contributed by atoms with Crippen LogP contribution in [0.25, 0.3) is 17.0 Å². The highest BCUT2D eigenvalue weighted by atomic mass is 32.2. The number of pyridine rings is 1. The van der Waals surface area contributed by atoms with Crippen LogP contribution in [-0.4, -0.2) is 24.1 Å². The van der Waals surface area contributed by atoms with Gasteiger partial charge in [0.2, 0.25) is 0 Å². The van der Waals surface area contributed by atoms with E-state index < -0.39 is 0 Å². The third kappa shape index (κ3) is 4.05. The molecule has 0 N–H and O–H groups in total. The molecule has 1 aromatic carbocycles. The quantitative estimate of drug-likeness (QED) is 0.299. The number of hydrogen-bond donors (Lipinski definition) is 0. The molecule has 0 fully saturated rings. The van der Waals surface area contributed by atoms with Gasteiger partial charge >= 0.3 is 0 Å². The summed E-state index contributed by atoms with van der Waals surface area (Å²) in [4.78, 5) is 4.77. The van der Waals surface area contributed by atoms with E-state index in [4.69, 9.17) is 4.98 Å². The molecule has 154 valence electrons. The molecule has 5 nitrogen and oxygen atoms in total. The molecule has 3 aromatic heterocycles. The van der Waals surface area contributed by atoms with Crippen molar-refractivity contribution < 1.29 is 0 Å². The monoisotopic (exact) mass is 417 g/mol. The van der Waals surface area contributed by atoms with Crippen molar-refractivity contribution in [1.82, 2.24) is 24.1 Å². The molecule has 0 aliphatic rings. The summed E-state index contributed by atoms with van der Waals surface area (Å²) >= 11 is 1.65. The van der Waals surface area contributed by atoms with E-state index in [0.29, 0.717) is 6.54 Å². The lowest BCUT2D eigenvalue weighted by Crippen LogP contribution is -2.10. The highest BCUT2D eigenvalue weighted by Crippen LogP contribution is 2.29. The molecule has 0 atom stereocenters. The van der Waals surface area contributed by atoms with Gasteiger partial charge in [0.1, 0.15) is 5.65 Å². The maximum absolute atomic E-state index is 4.77. The number of imidazole rings is 1. The Hall–Kier alpha value is -2.86. The van der Waals surface area contributed by atoms with Crippen molar-refractivity contribution >= 4 is 17.4 Å². The number of fused-ring (bicyclic) bond motifs is 1. The molecule has 0 spiro atoms. The number of aromatic nitrogens is 5. The predicted molar refractivity (Wildman–Crippen MR) is 124 cm³/mol. The molecule has 0 unspecified atom stereocenters. The van der Waals surface area contributed by atoms with Crippen LogP contribution >= 0.6 is 11.8 Å². The fourth-order valence-electron chi connectivity index (χ4n) is 3.43. The molecule has 0 saturated carbocycles. The van der Waals surface area contributed by atoms with Crippen LogP contribution in [0.2, 0.25) is 0 Å². The highest BCUT2D eigenvalue weighted by Gasteiger charge is 2.17. The van der Waals surface area contributed by atoms with Crippen molar-refractivity contribution in [2.24, 2.45) is 0 Å². The van der Waals surface area contributed by atoms with Gasteiger partial charge in [0, 0.05) is 30.3 Å². The first-order valence-corrected chi connectivity index (χ1v) is 11.1. The van der Waals surface area contributed by atoms with E-state index in [1.807, 2.05) is 18.3 Å². The summed E-state index contributed by atoms with van der Waals surface area (Å²) in [6.07, 6.45) is 5.99. The summed E-state index contributed by atoms with van der Waals surface area (Å²) in [5.74, 6) is 1.60. The number of aryl methyl sites for hydroxylation is 1. The number of rotatable bonds is 6. The van der Waals surface area contributed by atoms with Crippen molar-refractivity contribution in [3.05, 3.63) is 78.3 Å². The van der Waals surface area contributed by atoms with E-state index in [2.05, 4.69) is 90.0 Å². The molecule has 0 amide bonds. The van der Waals surface area contributed by atoms with Gasteiger partial charge in [-0.15, -0.1) is 16.8 Å². The van der Waals surface area contributed by atoms with Crippen LogP contribution in [0.4, 0.5) is 0 Å². The number of hydrogen-bond acceptors (Lipinski definition) is 4. The van der Waals surface area contributed by atoms with Crippen LogP contribution in [0, 0.1) is 6.92 Å². The molecule has 4 rings (SSSR count). The van der Waals surface area contributed by atoms with Crippen LogP contribution in [0.1, 0.15) is 37.6 Å². The van der Waals surface area contributed by atoms with Crippen LogP contribution in [0.5, 0.6) is 0 Å². The average Bonchev–Trinajstić information content (AvgIpc) is 3.31. The maximum Gasteiger partial charge on any atom is 0.192 e. The Morgan fingerprint density at radius 3 is 2.53 bits per heavy atom. The fraction of sp³-hybridized carbons (Fsp3) is 0.292. The Morgan fingerprint density at radius 2 is 1.87 bits per heavy atom. The SMILES string of the molecule is C=CCn1c(SCc2cn3cccc(C)c3n2)nnc1-c1ccc(C(C)(C)C)cc1. The third-order valence-corrected chi connectivity index (χ3v) is 6.11. The number of nitrogens with zero attached hydrogens (tertiary/aromatic N) is 5. The normalized spacial score (nSPS) is 11.9. The lowest BCUT2D eigenvalue weighted by molar-refractivity contribution is 0.590. The Kier molecular flexibility index (Phi) is 5.52. The van der Waals surface area contributed by atoms with Crippen LogP contribution < -0.4 is 0 Å². The molecule has 0 aliphatic heterocycles. The lowest BCUT2D eigenvalue weighted by Gasteiger charge is -2.19. The zero-order valence-electron chi connectivity index (χ0n) is 18.0. The Bertz CT molecular complexity index is 1180. The molecule has 0 saturated heterocycles. The van der Waals surface area contributed by atoms with Gasteiger partial charge in [-0.2, -0.15) is 0 Å². The van der Waals surface area contributed by atoms with Crippen LogP contribution in [0.15, 0.2) is 66.6 Å². The van der Waals surface area contributed by atoms with E-state index in [0.717, 1.165) is 33.6 Å². The summed E-state index contributed by atoms with van der Waals surface area (Å²) in [5.41, 5.74) is 5.69. The molecule has 6 heteroatoms. The minimum absolute atomic E-state index is 0.126. The molecular formula is C24H27N5S. The average molecular weight is 418 g/mol. The second-order valence-corrected chi connectivity index (χ2v) is 9.42. The van der Waals surface area contributed by atoms with Crippen molar-refractivity contribution in [2.45, 2.75) is 50.6 Å². The van der Waals surface area contributed by atoms with Gasteiger partial charge in [-0.3, -0.25) is 4.57 Å². The van der Waals surface area contributed by atoms with Gasteiger partial charge in [0.05, 0.1) is 5.69 Å². The van der Waals surface area contributed by atoms with Crippen LogP contribution in [0.3, 0.4) is 0 Å². The molecule has 3 heterocycles. The van der Waals surface area contributed by atoms with Crippen molar-refractivity contribution in [3.8, 4) is 11.4 Å². The number of allylic oxidation sites excluding steroid dienone is 1. The Morgan fingerprint density at radius 1 is 1.10 bits per heavy atom. The predicted octanol–water partition coefficient (Wildman–Crippen LogP) is 5.68. The summed E-state index contributed by atoms with van der Waals surface area (Å²) < 4.78 is 4.19. The van der Waals surface area contributed by atoms with E-state index >= 15 is 0 Å². The van der Waals surface area contributed by atoms with Gasteiger partial charge in [-0.25, -0.2) is 4.98 Å². The van der Waals surface area contributed by atoms with Crippen LogP contribution in [-0.2, 0) is 17.7 Å². The topological polar surface area (TPSA) is 48.0 Å². The largest absolute Gasteiger partial charge is 0.307 e. The summed E-state index contributed by atoms with van der Waals surface area (Å²) in [5, 5.41) is 9.82. The third-order valence-electron chi connectivity index (χ3n) is 5.11. The Balaban J connectivity index is 1.59. The van der Waals surface area contributed by atoms with E-state index in [1.54, 1.807) is 11.8 Å². The van der Waals surface area contributed by atoms with E-state index in [9.17, 15) is 0 Å². The molecular weight excluding hydrogens is 390 g/mol. The van der Waals surface area contributed by atoms with E-state index in [-0.39, 0.29) is 5.41 Å². The van der Waals surface area contributed by atoms with Gasteiger partial charge in [-0.05, 0) is 29.5 Å². The van der Waals surface area contributed by atoms with Crippen molar-refractivity contribution in [1.29, 1.82) is 0 Å². The van der Waals surface area contributed by atoms with Crippen molar-refractivity contribution in [2.75, 3.05) is 0 Å². The summed E-state index contributed by atoms with van der Waals surface area (Å²) in [6.45, 7) is 13.3. The first kappa shape index (κ1) is 20.4. The summed E-state index contributed by atoms with van der Waals surface area (Å²) in [6, 6.07) is 12.7. The van der Waals surface area contributed by atoms with Gasteiger partial charge in [-0.1, -0.05) is 68.9 Å². The van der Waals surface area contributed by atoms with Gasteiger partial charge in [0.25, 0.3) is 0 Å². The smallest absolute Gasteiger partial charge is 0.192 e. The lowest BCUT2D eigenvalue weighted by atomic mass is 9.87. The fourth-order valence-corrected chi connectivity index (χ4v) is 4.27. The molecule has 4 aromatic rings. The standard InChI is InChI=1S/C24H27N5S/c1-6-13-29-22(18-9-11-19(12-10-18)24(3,4)5)26-27-23(29)30-16-20-15-28-14-7-8-17(2)21(28)25-20/h6-12,14-15H,1,13,16H2,2-5H3. The highest BCUT2D eigenvalue weighted by molar-refractivity contribution is 7.98. The Labute approximate surface area is 181 Å². The van der Waals surface area contributed by atoms with Crippen molar-refractivity contribution in [3.63, 3.8) is 0 Å². The second-order valence-electron chi connectivity index (χ2n) is 8.48. The van der Waals surface area contributed by atoms with Gasteiger partial charge in [0.15, 0.2) is 11.0 Å². The minimum atomic E-state index is 0.126. The zero-order valence-corrected chi connectivity index (χ0v) is 18.8. The molecule has 30 heavy (non-hydrogen) atoms. The van der Waals surface area contributed by atoms with E-state index in [1.165, 1.54) is 11.1 Å².